The second-order valence-electron chi connectivity index (χ2n) is 4.50. The number of esters is 1. The van der Waals surface area contributed by atoms with Crippen LogP contribution in [0, 0.1) is 11.3 Å². The summed E-state index contributed by atoms with van der Waals surface area (Å²) < 4.78 is 6.10. The molecule has 0 amide bonds. The fourth-order valence-corrected chi connectivity index (χ4v) is 3.52. The van der Waals surface area contributed by atoms with E-state index < -0.39 is 12.6 Å². The number of carbonyl (C=O) groups is 1. The van der Waals surface area contributed by atoms with E-state index in [-0.39, 0.29) is 5.75 Å². The third-order valence-corrected chi connectivity index (χ3v) is 4.62. The average molecular weight is 507 g/mol. The summed E-state index contributed by atoms with van der Waals surface area (Å²) in [6.07, 6.45) is 1.31. The zero-order chi connectivity index (χ0) is 18.4. The van der Waals surface area contributed by atoms with Gasteiger partial charge in [-0.1, -0.05) is 34.4 Å². The quantitative estimate of drug-likeness (QED) is 0.237. The molecule has 0 saturated heterocycles. The number of hydrogen-bond donors (Lipinski definition) is 0. The molecule has 0 fully saturated rings. The van der Waals surface area contributed by atoms with Gasteiger partial charge in [-0.15, -0.1) is 0 Å². The predicted octanol–water partition coefficient (Wildman–Crippen LogP) is 5.35. The highest BCUT2D eigenvalue weighted by Crippen LogP contribution is 2.34. The molecule has 5 nitrogen and oxygen atoms in total. The minimum absolute atomic E-state index is 0.241. The second kappa shape index (κ2) is 9.20. The fraction of sp³-hybridized carbons (Fsp3) is 0.0625. The number of nitriles is 1. The van der Waals surface area contributed by atoms with E-state index in [0.29, 0.717) is 30.1 Å². The summed E-state index contributed by atoms with van der Waals surface area (Å²) in [5.41, 5.74) is 0.896. The summed E-state index contributed by atoms with van der Waals surface area (Å²) in [6.45, 7) is -0.419. The van der Waals surface area contributed by atoms with E-state index in [1.165, 1.54) is 18.3 Å². The highest BCUT2D eigenvalue weighted by atomic mass is 79.9. The Morgan fingerprint density at radius 1 is 1.24 bits per heavy atom. The normalized spacial score (nSPS) is 10.5. The lowest BCUT2D eigenvalue weighted by Crippen LogP contribution is -2.14. The van der Waals surface area contributed by atoms with Crippen molar-refractivity contribution in [1.29, 1.82) is 5.26 Å². The smallest absolute Gasteiger partial charge is 0.352 e. The number of rotatable bonds is 5. The number of nitrogens with zero attached hydrogens (tertiary/aromatic N) is 2. The van der Waals surface area contributed by atoms with Crippen LogP contribution in [0.4, 0.5) is 0 Å². The lowest BCUT2D eigenvalue weighted by Gasteiger charge is -2.08. The first-order valence-electron chi connectivity index (χ1n) is 6.61. The van der Waals surface area contributed by atoms with Crippen molar-refractivity contribution in [2.45, 2.75) is 0 Å². The fourth-order valence-electron chi connectivity index (χ4n) is 1.68. The SMILES string of the molecule is N#Cc1cc(Br)c(OC(=O)CON=Cc2c(Cl)cccc2Cl)c(Br)c1. The Labute approximate surface area is 170 Å². The Kier molecular flexibility index (Phi) is 7.26. The highest BCUT2D eigenvalue weighted by molar-refractivity contribution is 9.11. The van der Waals surface area contributed by atoms with Gasteiger partial charge in [0, 0.05) is 5.56 Å². The first-order valence-corrected chi connectivity index (χ1v) is 8.95. The van der Waals surface area contributed by atoms with Crippen LogP contribution in [0.2, 0.25) is 10.0 Å². The number of benzene rings is 2. The van der Waals surface area contributed by atoms with Crippen LogP contribution in [-0.2, 0) is 9.63 Å². The summed E-state index contributed by atoms with van der Waals surface area (Å²) in [5.74, 6) is -0.431. The Morgan fingerprint density at radius 3 is 2.40 bits per heavy atom. The van der Waals surface area contributed by atoms with E-state index in [4.69, 9.17) is 38.0 Å². The molecule has 128 valence electrons. The van der Waals surface area contributed by atoms with Crippen LogP contribution < -0.4 is 4.74 Å². The molecule has 0 aromatic heterocycles. The maximum atomic E-state index is 11.8. The molecule has 0 aliphatic carbocycles. The third-order valence-electron chi connectivity index (χ3n) is 2.78. The molecule has 25 heavy (non-hydrogen) atoms. The molecule has 0 unspecified atom stereocenters. The molecule has 0 bridgehead atoms. The first-order chi connectivity index (χ1) is 11.9. The molecule has 2 aromatic rings. The molecular weight excluding hydrogens is 499 g/mol. The summed E-state index contributed by atoms with van der Waals surface area (Å²) in [7, 11) is 0. The Balaban J connectivity index is 1.96. The molecule has 0 saturated carbocycles. The summed E-state index contributed by atoms with van der Waals surface area (Å²) in [5, 5.41) is 13.4. The molecular formula is C16H8Br2Cl2N2O3. The molecule has 0 heterocycles. The van der Waals surface area contributed by atoms with Gasteiger partial charge >= 0.3 is 5.97 Å². The summed E-state index contributed by atoms with van der Waals surface area (Å²) >= 11 is 18.4. The molecule has 2 rings (SSSR count). The standard InChI is InChI=1S/C16H8Br2Cl2N2O3/c17-11-4-9(6-21)5-12(18)16(11)25-15(23)8-24-22-7-10-13(19)2-1-3-14(10)20/h1-5,7H,8H2. The highest BCUT2D eigenvalue weighted by Gasteiger charge is 2.14. The van der Waals surface area contributed by atoms with Gasteiger partial charge in [0.25, 0.3) is 0 Å². The zero-order valence-corrected chi connectivity index (χ0v) is 17.0. The van der Waals surface area contributed by atoms with Crippen molar-refractivity contribution >= 4 is 67.2 Å². The largest absolute Gasteiger partial charge is 0.422 e. The topological polar surface area (TPSA) is 71.7 Å². The maximum Gasteiger partial charge on any atom is 0.352 e. The van der Waals surface area contributed by atoms with Gasteiger partial charge in [-0.25, -0.2) is 4.79 Å². The van der Waals surface area contributed by atoms with Crippen molar-refractivity contribution in [3.8, 4) is 11.8 Å². The summed E-state index contributed by atoms with van der Waals surface area (Å²) in [4.78, 5) is 16.7. The van der Waals surface area contributed by atoms with E-state index in [9.17, 15) is 4.79 Å². The zero-order valence-electron chi connectivity index (χ0n) is 12.3. The van der Waals surface area contributed by atoms with Crippen molar-refractivity contribution < 1.29 is 14.4 Å². The molecule has 0 N–H and O–H groups in total. The van der Waals surface area contributed by atoms with Gasteiger partial charge in [0.15, 0.2) is 5.75 Å². The van der Waals surface area contributed by atoms with E-state index >= 15 is 0 Å². The van der Waals surface area contributed by atoms with Crippen LogP contribution in [0.5, 0.6) is 5.75 Å². The molecule has 9 heteroatoms. The Hall–Kier alpha value is -1.59. The van der Waals surface area contributed by atoms with Crippen LogP contribution in [0.3, 0.4) is 0 Å². The van der Waals surface area contributed by atoms with E-state index in [1.807, 2.05) is 6.07 Å². The van der Waals surface area contributed by atoms with Gasteiger partial charge in [0.1, 0.15) is 0 Å². The molecule has 0 atom stereocenters. The van der Waals surface area contributed by atoms with Crippen LogP contribution >= 0.6 is 55.1 Å². The van der Waals surface area contributed by atoms with Gasteiger partial charge in [0.05, 0.1) is 36.8 Å². The molecule has 0 spiro atoms. The van der Waals surface area contributed by atoms with Crippen molar-refractivity contribution in [3.63, 3.8) is 0 Å². The van der Waals surface area contributed by atoms with Gasteiger partial charge < -0.3 is 9.57 Å². The van der Waals surface area contributed by atoms with Gasteiger partial charge in [0.2, 0.25) is 6.61 Å². The number of hydrogen-bond acceptors (Lipinski definition) is 5. The number of carbonyl (C=O) groups excluding carboxylic acids is 1. The van der Waals surface area contributed by atoms with Crippen molar-refractivity contribution in [2.24, 2.45) is 5.16 Å². The second-order valence-corrected chi connectivity index (χ2v) is 7.02. The molecule has 0 aliphatic rings. The minimum atomic E-state index is -0.673. The number of oxime groups is 1. The average Bonchev–Trinajstić information content (AvgIpc) is 2.56. The molecule has 0 radical (unpaired) electrons. The number of halogens is 4. The lowest BCUT2D eigenvalue weighted by atomic mass is 10.2. The van der Waals surface area contributed by atoms with Crippen LogP contribution in [0.1, 0.15) is 11.1 Å². The van der Waals surface area contributed by atoms with Crippen LogP contribution in [0.15, 0.2) is 44.4 Å². The Morgan fingerprint density at radius 2 is 1.84 bits per heavy atom. The molecule has 0 aliphatic heterocycles. The van der Waals surface area contributed by atoms with E-state index in [1.54, 1.807) is 18.2 Å². The predicted molar refractivity (Wildman–Crippen MR) is 102 cm³/mol. The van der Waals surface area contributed by atoms with Crippen molar-refractivity contribution in [2.75, 3.05) is 6.61 Å². The summed E-state index contributed by atoms with van der Waals surface area (Å²) in [6, 6.07) is 10.1. The molecule has 2 aromatic carbocycles. The van der Waals surface area contributed by atoms with E-state index in [2.05, 4.69) is 37.0 Å². The lowest BCUT2D eigenvalue weighted by molar-refractivity contribution is -0.139. The number of ether oxygens (including phenoxy) is 1. The third kappa shape index (κ3) is 5.44. The van der Waals surface area contributed by atoms with Crippen LogP contribution in [-0.4, -0.2) is 18.8 Å². The van der Waals surface area contributed by atoms with Crippen molar-refractivity contribution in [1.82, 2.24) is 0 Å². The van der Waals surface area contributed by atoms with Crippen molar-refractivity contribution in [3.05, 3.63) is 60.4 Å². The van der Waals surface area contributed by atoms with Gasteiger partial charge in [-0.05, 0) is 56.1 Å². The Bertz CT molecular complexity index is 839. The van der Waals surface area contributed by atoms with E-state index in [0.717, 1.165) is 0 Å². The maximum absolute atomic E-state index is 11.8. The monoisotopic (exact) mass is 504 g/mol. The minimum Gasteiger partial charge on any atom is -0.422 e. The van der Waals surface area contributed by atoms with Gasteiger partial charge in [-0.3, -0.25) is 0 Å². The van der Waals surface area contributed by atoms with Gasteiger partial charge in [-0.2, -0.15) is 5.26 Å². The first kappa shape index (κ1) is 19.7. The van der Waals surface area contributed by atoms with Crippen LogP contribution in [0.25, 0.3) is 0 Å².